The topological polar surface area (TPSA) is 45.6 Å². The standard InChI is InChI=1S/C22H39N3O2/c1-8-10-14-24(16-19-12-11-13-23(19)7)21(27)17-25(18(3)9-2)20(26)15-22(4,5)6/h11-13,18H,8-10,14-17H2,1-7H3/t18-/m1/s1. The van der Waals surface area contributed by atoms with Crippen molar-refractivity contribution in [1.82, 2.24) is 14.4 Å². The SMILES string of the molecule is CCCCN(Cc1cccn1C)C(=O)CN(C(=O)CC(C)(C)C)[C@H](C)CC. The second-order valence-corrected chi connectivity index (χ2v) is 8.80. The number of carbonyl (C=O) groups is 2. The van der Waals surface area contributed by atoms with Crippen molar-refractivity contribution >= 4 is 11.8 Å². The molecule has 1 aromatic heterocycles. The molecule has 1 atom stereocenters. The Morgan fingerprint density at radius 1 is 1.19 bits per heavy atom. The zero-order chi connectivity index (χ0) is 20.6. The lowest BCUT2D eigenvalue weighted by molar-refractivity contribution is -0.143. The van der Waals surface area contributed by atoms with E-state index >= 15 is 0 Å². The Labute approximate surface area is 165 Å². The molecule has 2 amide bonds. The molecule has 0 unspecified atom stereocenters. The first-order valence-electron chi connectivity index (χ1n) is 10.3. The van der Waals surface area contributed by atoms with Crippen LogP contribution in [0, 0.1) is 5.41 Å². The summed E-state index contributed by atoms with van der Waals surface area (Å²) in [5, 5.41) is 0. The number of aromatic nitrogens is 1. The Morgan fingerprint density at radius 3 is 2.33 bits per heavy atom. The fourth-order valence-electron chi connectivity index (χ4n) is 3.01. The zero-order valence-electron chi connectivity index (χ0n) is 18.4. The molecule has 0 radical (unpaired) electrons. The van der Waals surface area contributed by atoms with Crippen LogP contribution in [0.4, 0.5) is 0 Å². The van der Waals surface area contributed by atoms with Gasteiger partial charge in [0.05, 0.1) is 13.1 Å². The third kappa shape index (κ3) is 7.77. The molecule has 154 valence electrons. The van der Waals surface area contributed by atoms with Gasteiger partial charge in [0.15, 0.2) is 0 Å². The Hall–Kier alpha value is -1.78. The van der Waals surface area contributed by atoms with Gasteiger partial charge in [0.2, 0.25) is 11.8 Å². The monoisotopic (exact) mass is 377 g/mol. The summed E-state index contributed by atoms with van der Waals surface area (Å²) in [4.78, 5) is 29.6. The van der Waals surface area contributed by atoms with Crippen molar-refractivity contribution < 1.29 is 9.59 Å². The average Bonchev–Trinajstić information content (AvgIpc) is 2.98. The normalized spacial score (nSPS) is 12.7. The molecule has 0 spiro atoms. The van der Waals surface area contributed by atoms with E-state index in [0.29, 0.717) is 13.0 Å². The molecule has 0 bridgehead atoms. The molecule has 1 aromatic rings. The lowest BCUT2D eigenvalue weighted by atomic mass is 9.91. The molecule has 0 N–H and O–H groups in total. The summed E-state index contributed by atoms with van der Waals surface area (Å²) < 4.78 is 2.05. The van der Waals surface area contributed by atoms with E-state index in [-0.39, 0.29) is 29.8 Å². The highest BCUT2D eigenvalue weighted by atomic mass is 16.2. The lowest BCUT2D eigenvalue weighted by Gasteiger charge is -2.33. The molecule has 0 saturated carbocycles. The fourth-order valence-corrected chi connectivity index (χ4v) is 3.01. The number of hydrogen-bond donors (Lipinski definition) is 0. The van der Waals surface area contributed by atoms with E-state index in [1.807, 2.05) is 41.8 Å². The third-order valence-electron chi connectivity index (χ3n) is 4.97. The van der Waals surface area contributed by atoms with Gasteiger partial charge in [0.25, 0.3) is 0 Å². The highest BCUT2D eigenvalue weighted by molar-refractivity contribution is 5.85. The van der Waals surface area contributed by atoms with Gasteiger partial charge in [0, 0.05) is 37.9 Å². The number of aryl methyl sites for hydroxylation is 1. The number of carbonyl (C=O) groups excluding carboxylic acids is 2. The van der Waals surface area contributed by atoms with Crippen molar-refractivity contribution in [1.29, 1.82) is 0 Å². The Bertz CT molecular complexity index is 601. The Kier molecular flexibility index (Phi) is 9.07. The summed E-state index contributed by atoms with van der Waals surface area (Å²) >= 11 is 0. The summed E-state index contributed by atoms with van der Waals surface area (Å²) in [5.74, 6) is 0.103. The smallest absolute Gasteiger partial charge is 0.242 e. The molecule has 1 heterocycles. The van der Waals surface area contributed by atoms with Gasteiger partial charge in [-0.1, -0.05) is 41.0 Å². The van der Waals surface area contributed by atoms with Gasteiger partial charge in [-0.2, -0.15) is 0 Å². The molecular weight excluding hydrogens is 338 g/mol. The predicted octanol–water partition coefficient (Wildman–Crippen LogP) is 4.22. The molecule has 27 heavy (non-hydrogen) atoms. The van der Waals surface area contributed by atoms with Crippen LogP contribution in [-0.4, -0.2) is 45.3 Å². The number of unbranched alkanes of at least 4 members (excludes halogenated alkanes) is 1. The minimum absolute atomic E-state index is 0.0345. The highest BCUT2D eigenvalue weighted by Gasteiger charge is 2.27. The lowest BCUT2D eigenvalue weighted by Crippen LogP contribution is -2.47. The molecule has 5 heteroatoms. The Balaban J connectivity index is 2.92. The van der Waals surface area contributed by atoms with Gasteiger partial charge in [-0.25, -0.2) is 0 Å². The molecule has 0 aliphatic heterocycles. The summed E-state index contributed by atoms with van der Waals surface area (Å²) in [5.41, 5.74) is 1.02. The molecule has 0 aliphatic rings. The molecule has 0 saturated heterocycles. The number of nitrogens with zero attached hydrogens (tertiary/aromatic N) is 3. The number of hydrogen-bond acceptors (Lipinski definition) is 2. The Morgan fingerprint density at radius 2 is 1.85 bits per heavy atom. The fraction of sp³-hybridized carbons (Fsp3) is 0.727. The molecule has 0 fully saturated rings. The van der Waals surface area contributed by atoms with E-state index in [1.165, 1.54) is 0 Å². The minimum Gasteiger partial charge on any atom is -0.353 e. The maximum atomic E-state index is 13.1. The van der Waals surface area contributed by atoms with Crippen molar-refractivity contribution in [3.63, 3.8) is 0 Å². The van der Waals surface area contributed by atoms with E-state index in [9.17, 15) is 9.59 Å². The van der Waals surface area contributed by atoms with Crippen LogP contribution in [0.5, 0.6) is 0 Å². The first-order chi connectivity index (χ1) is 12.6. The van der Waals surface area contributed by atoms with Crippen LogP contribution in [0.3, 0.4) is 0 Å². The second kappa shape index (κ2) is 10.5. The average molecular weight is 378 g/mol. The second-order valence-electron chi connectivity index (χ2n) is 8.80. The van der Waals surface area contributed by atoms with E-state index in [0.717, 1.165) is 31.5 Å². The van der Waals surface area contributed by atoms with Crippen LogP contribution in [0.15, 0.2) is 18.3 Å². The predicted molar refractivity (Wildman–Crippen MR) is 111 cm³/mol. The van der Waals surface area contributed by atoms with Crippen molar-refractivity contribution in [3.8, 4) is 0 Å². The van der Waals surface area contributed by atoms with Crippen molar-refractivity contribution in [3.05, 3.63) is 24.0 Å². The van der Waals surface area contributed by atoms with Crippen molar-refractivity contribution in [2.24, 2.45) is 12.5 Å². The van der Waals surface area contributed by atoms with Gasteiger partial charge in [-0.15, -0.1) is 0 Å². The quantitative estimate of drug-likeness (QED) is 0.613. The van der Waals surface area contributed by atoms with Gasteiger partial charge in [-0.05, 0) is 37.3 Å². The van der Waals surface area contributed by atoms with Crippen LogP contribution < -0.4 is 0 Å². The summed E-state index contributed by atoms with van der Waals surface area (Å²) in [7, 11) is 2.00. The van der Waals surface area contributed by atoms with Gasteiger partial charge < -0.3 is 14.4 Å². The molecule has 5 nitrogen and oxygen atoms in total. The third-order valence-corrected chi connectivity index (χ3v) is 4.97. The van der Waals surface area contributed by atoms with Gasteiger partial charge in [0.1, 0.15) is 0 Å². The number of rotatable bonds is 10. The zero-order valence-corrected chi connectivity index (χ0v) is 18.4. The van der Waals surface area contributed by atoms with E-state index in [1.54, 1.807) is 4.90 Å². The largest absolute Gasteiger partial charge is 0.353 e. The van der Waals surface area contributed by atoms with Crippen LogP contribution >= 0.6 is 0 Å². The maximum Gasteiger partial charge on any atom is 0.242 e. The van der Waals surface area contributed by atoms with Crippen LogP contribution in [0.2, 0.25) is 0 Å². The van der Waals surface area contributed by atoms with E-state index in [4.69, 9.17) is 0 Å². The first kappa shape index (κ1) is 23.3. The molecular formula is C22H39N3O2. The molecule has 0 aromatic carbocycles. The molecule has 1 rings (SSSR count). The van der Waals surface area contributed by atoms with Crippen LogP contribution in [-0.2, 0) is 23.2 Å². The van der Waals surface area contributed by atoms with E-state index in [2.05, 4.69) is 34.6 Å². The van der Waals surface area contributed by atoms with Crippen molar-refractivity contribution in [2.75, 3.05) is 13.1 Å². The first-order valence-corrected chi connectivity index (χ1v) is 10.3. The summed E-state index contributed by atoms with van der Waals surface area (Å²) in [6.07, 6.45) is 5.30. The van der Waals surface area contributed by atoms with Crippen LogP contribution in [0.1, 0.15) is 72.9 Å². The van der Waals surface area contributed by atoms with E-state index < -0.39 is 0 Å². The minimum atomic E-state index is -0.0865. The van der Waals surface area contributed by atoms with Crippen LogP contribution in [0.25, 0.3) is 0 Å². The highest BCUT2D eigenvalue weighted by Crippen LogP contribution is 2.21. The van der Waals surface area contributed by atoms with Gasteiger partial charge in [-0.3, -0.25) is 9.59 Å². The summed E-state index contributed by atoms with van der Waals surface area (Å²) in [6.45, 7) is 13.9. The van der Waals surface area contributed by atoms with Gasteiger partial charge >= 0.3 is 0 Å². The number of amides is 2. The molecule has 0 aliphatic carbocycles. The maximum absolute atomic E-state index is 13.1. The summed E-state index contributed by atoms with van der Waals surface area (Å²) in [6, 6.07) is 4.10. The van der Waals surface area contributed by atoms with Crippen molar-refractivity contribution in [2.45, 2.75) is 79.8 Å².